The summed E-state index contributed by atoms with van der Waals surface area (Å²) in [5, 5.41) is 7.38. The lowest BCUT2D eigenvalue weighted by atomic mass is 9.93. The smallest absolute Gasteiger partial charge is 0.255 e. The highest BCUT2D eigenvalue weighted by atomic mass is 19.1. The van der Waals surface area contributed by atoms with Crippen LogP contribution in [0.2, 0.25) is 0 Å². The van der Waals surface area contributed by atoms with E-state index in [0.29, 0.717) is 24.3 Å². The molecule has 2 aromatic heterocycles. The highest BCUT2D eigenvalue weighted by molar-refractivity contribution is 5.95. The maximum absolute atomic E-state index is 13.3. The zero-order chi connectivity index (χ0) is 17.1. The van der Waals surface area contributed by atoms with Crippen LogP contribution in [0.5, 0.6) is 0 Å². The summed E-state index contributed by atoms with van der Waals surface area (Å²) in [7, 11) is 1.81. The van der Waals surface area contributed by atoms with E-state index in [1.54, 1.807) is 31.0 Å². The number of rotatable bonds is 4. The molecule has 0 radical (unpaired) electrons. The fourth-order valence-electron chi connectivity index (χ4n) is 2.98. The fraction of sp³-hybridized carbons (Fsp3) is 0.471. The first kappa shape index (κ1) is 16.6. The summed E-state index contributed by atoms with van der Waals surface area (Å²) in [5.74, 6) is -0.397. The quantitative estimate of drug-likeness (QED) is 0.933. The highest BCUT2D eigenvalue weighted by Crippen LogP contribution is 2.28. The van der Waals surface area contributed by atoms with Gasteiger partial charge in [0.2, 0.25) is 0 Å². The van der Waals surface area contributed by atoms with Crippen LogP contribution in [0.4, 0.5) is 4.39 Å². The molecule has 1 amide bonds. The Morgan fingerprint density at radius 1 is 1.42 bits per heavy atom. The molecule has 128 valence electrons. The zero-order valence-electron chi connectivity index (χ0n) is 13.8. The van der Waals surface area contributed by atoms with Crippen molar-refractivity contribution in [2.24, 2.45) is 7.05 Å². The lowest BCUT2D eigenvalue weighted by Gasteiger charge is -2.21. The van der Waals surface area contributed by atoms with Crippen molar-refractivity contribution in [2.75, 3.05) is 13.2 Å². The number of carbonyl (C=O) groups excluding carboxylic acids is 1. The lowest BCUT2D eigenvalue weighted by molar-refractivity contribution is 0.0831. The van der Waals surface area contributed by atoms with Gasteiger partial charge < -0.3 is 10.1 Å². The molecule has 0 saturated carbocycles. The van der Waals surface area contributed by atoms with Crippen LogP contribution in [0, 0.1) is 5.82 Å². The number of hydrogen-bond acceptors (Lipinski definition) is 4. The van der Waals surface area contributed by atoms with Crippen molar-refractivity contribution in [2.45, 2.75) is 31.7 Å². The van der Waals surface area contributed by atoms with Gasteiger partial charge in [0.15, 0.2) is 0 Å². The van der Waals surface area contributed by atoms with Gasteiger partial charge in [-0.3, -0.25) is 14.5 Å². The molecule has 1 N–H and O–H groups in total. The summed E-state index contributed by atoms with van der Waals surface area (Å²) >= 11 is 0. The van der Waals surface area contributed by atoms with Crippen molar-refractivity contribution < 1.29 is 13.9 Å². The van der Waals surface area contributed by atoms with Gasteiger partial charge in [-0.15, -0.1) is 0 Å². The van der Waals surface area contributed by atoms with Crippen LogP contribution in [0.25, 0.3) is 0 Å². The van der Waals surface area contributed by atoms with Gasteiger partial charge in [-0.1, -0.05) is 0 Å². The topological polar surface area (TPSA) is 69.0 Å². The number of pyridine rings is 1. The molecule has 1 aliphatic rings. The van der Waals surface area contributed by atoms with Crippen LogP contribution >= 0.6 is 0 Å². The predicted molar refractivity (Wildman–Crippen MR) is 86.1 cm³/mol. The number of aryl methyl sites for hydroxylation is 1. The summed E-state index contributed by atoms with van der Waals surface area (Å²) in [6.07, 6.45) is 6.15. The average Bonchev–Trinajstić information content (AvgIpc) is 2.97. The monoisotopic (exact) mass is 332 g/mol. The Morgan fingerprint density at radius 2 is 2.17 bits per heavy atom. The summed E-state index contributed by atoms with van der Waals surface area (Å²) in [6, 6.07) is 1.03. The number of aromatic nitrogens is 3. The van der Waals surface area contributed by atoms with E-state index in [4.69, 9.17) is 4.74 Å². The van der Waals surface area contributed by atoms with Gasteiger partial charge in [-0.05, 0) is 31.4 Å². The zero-order valence-corrected chi connectivity index (χ0v) is 13.8. The molecule has 1 atom stereocenters. The van der Waals surface area contributed by atoms with E-state index in [1.165, 1.54) is 6.07 Å². The van der Waals surface area contributed by atoms with Crippen molar-refractivity contribution >= 4 is 5.91 Å². The third-order valence-corrected chi connectivity index (χ3v) is 4.28. The van der Waals surface area contributed by atoms with Gasteiger partial charge in [0.25, 0.3) is 5.91 Å². The first-order valence-corrected chi connectivity index (χ1v) is 8.07. The van der Waals surface area contributed by atoms with E-state index in [0.717, 1.165) is 24.7 Å². The molecule has 0 aliphatic carbocycles. The normalized spacial score (nSPS) is 16.8. The predicted octanol–water partition coefficient (Wildman–Crippen LogP) is 2.34. The molecule has 0 spiro atoms. The van der Waals surface area contributed by atoms with Crippen LogP contribution in [-0.4, -0.2) is 33.9 Å². The largest absolute Gasteiger partial charge is 0.381 e. The minimum atomic E-state index is -0.419. The van der Waals surface area contributed by atoms with Gasteiger partial charge in [-0.2, -0.15) is 5.10 Å². The minimum Gasteiger partial charge on any atom is -0.381 e. The molecule has 24 heavy (non-hydrogen) atoms. The molecule has 0 unspecified atom stereocenters. The van der Waals surface area contributed by atoms with E-state index in [9.17, 15) is 9.18 Å². The molecule has 6 nitrogen and oxygen atoms in total. The van der Waals surface area contributed by atoms with Crippen LogP contribution in [0.3, 0.4) is 0 Å². The number of carbonyl (C=O) groups is 1. The Labute approximate surface area is 140 Å². The summed E-state index contributed by atoms with van der Waals surface area (Å²) in [4.78, 5) is 16.5. The van der Waals surface area contributed by atoms with Crippen molar-refractivity contribution in [1.82, 2.24) is 20.1 Å². The first-order chi connectivity index (χ1) is 11.5. The van der Waals surface area contributed by atoms with Gasteiger partial charge in [0, 0.05) is 38.6 Å². The molecule has 1 aliphatic heterocycles. The Balaban J connectivity index is 1.77. The average molecular weight is 332 g/mol. The van der Waals surface area contributed by atoms with Gasteiger partial charge in [0.1, 0.15) is 5.82 Å². The van der Waals surface area contributed by atoms with Crippen molar-refractivity contribution in [1.29, 1.82) is 0 Å². The molecule has 3 heterocycles. The number of nitrogens with one attached hydrogen (secondary N) is 1. The molecule has 7 heteroatoms. The Hall–Kier alpha value is -2.28. The molecule has 0 aromatic carbocycles. The van der Waals surface area contributed by atoms with E-state index in [-0.39, 0.29) is 17.9 Å². The molecule has 0 bridgehead atoms. The fourth-order valence-corrected chi connectivity index (χ4v) is 2.98. The Kier molecular flexibility index (Phi) is 4.89. The number of nitrogens with zero attached hydrogens (tertiary/aromatic N) is 3. The van der Waals surface area contributed by atoms with E-state index in [2.05, 4.69) is 15.4 Å². The minimum absolute atomic E-state index is 0.207. The van der Waals surface area contributed by atoms with Gasteiger partial charge >= 0.3 is 0 Å². The van der Waals surface area contributed by atoms with Crippen LogP contribution in [0.15, 0.2) is 24.7 Å². The molecular weight excluding hydrogens is 311 g/mol. The SMILES string of the molecule is C[C@H](NC(=O)c1cn(C)nc1C1CCOCC1)c1cncc(F)c1. The second-order valence-electron chi connectivity index (χ2n) is 6.12. The van der Waals surface area contributed by atoms with Gasteiger partial charge in [0.05, 0.1) is 23.5 Å². The highest BCUT2D eigenvalue weighted by Gasteiger charge is 2.26. The van der Waals surface area contributed by atoms with Crippen molar-refractivity contribution in [3.05, 3.63) is 47.3 Å². The third-order valence-electron chi connectivity index (χ3n) is 4.28. The van der Waals surface area contributed by atoms with E-state index in [1.807, 2.05) is 0 Å². The second kappa shape index (κ2) is 7.09. The van der Waals surface area contributed by atoms with Crippen LogP contribution in [0.1, 0.15) is 53.3 Å². The number of hydrogen-bond donors (Lipinski definition) is 1. The summed E-state index contributed by atoms with van der Waals surface area (Å²) in [6.45, 7) is 3.18. The van der Waals surface area contributed by atoms with E-state index >= 15 is 0 Å². The second-order valence-corrected chi connectivity index (χ2v) is 6.12. The first-order valence-electron chi connectivity index (χ1n) is 8.07. The third kappa shape index (κ3) is 3.62. The molecule has 1 fully saturated rings. The van der Waals surface area contributed by atoms with Crippen LogP contribution < -0.4 is 5.32 Å². The van der Waals surface area contributed by atoms with Crippen molar-refractivity contribution in [3.63, 3.8) is 0 Å². The number of halogens is 1. The molecular formula is C17H21FN4O2. The molecule has 1 saturated heterocycles. The lowest BCUT2D eigenvalue weighted by Crippen LogP contribution is -2.28. The maximum atomic E-state index is 13.3. The Bertz CT molecular complexity index is 725. The van der Waals surface area contributed by atoms with Crippen LogP contribution in [-0.2, 0) is 11.8 Å². The number of amides is 1. The molecule has 2 aromatic rings. The standard InChI is InChI=1S/C17H21FN4O2/c1-11(13-7-14(18)9-19-8-13)20-17(23)15-10-22(2)21-16(15)12-3-5-24-6-4-12/h7-12H,3-6H2,1-2H3,(H,20,23)/t11-/m0/s1. The van der Waals surface area contributed by atoms with Crippen molar-refractivity contribution in [3.8, 4) is 0 Å². The summed E-state index contributed by atoms with van der Waals surface area (Å²) in [5.41, 5.74) is 2.00. The van der Waals surface area contributed by atoms with E-state index < -0.39 is 5.82 Å². The molecule has 3 rings (SSSR count). The summed E-state index contributed by atoms with van der Waals surface area (Å²) < 4.78 is 20.3. The van der Waals surface area contributed by atoms with Gasteiger partial charge in [-0.25, -0.2) is 4.39 Å². The Morgan fingerprint density at radius 3 is 2.88 bits per heavy atom. The number of ether oxygens (including phenoxy) is 1. The maximum Gasteiger partial charge on any atom is 0.255 e.